The molecule has 2 atom stereocenters. The van der Waals surface area contributed by atoms with Crippen molar-refractivity contribution in [3.05, 3.63) is 75.7 Å². The van der Waals surface area contributed by atoms with Crippen molar-refractivity contribution < 1.29 is 18.0 Å². The van der Waals surface area contributed by atoms with E-state index in [1.54, 1.807) is 11.0 Å². The van der Waals surface area contributed by atoms with Gasteiger partial charge in [0.25, 0.3) is 0 Å². The Bertz CT molecular complexity index is 2090. The van der Waals surface area contributed by atoms with Gasteiger partial charge in [0.15, 0.2) is 23.1 Å². The lowest BCUT2D eigenvalue weighted by atomic mass is 10.1. The number of hydrogen-bond donors (Lipinski definition) is 1. The summed E-state index contributed by atoms with van der Waals surface area (Å²) in [6, 6.07) is 3.36. The van der Waals surface area contributed by atoms with Crippen LogP contribution in [-0.4, -0.2) is 60.3 Å². The summed E-state index contributed by atoms with van der Waals surface area (Å²) < 4.78 is 45.8. The van der Waals surface area contributed by atoms with Crippen LogP contribution in [0.1, 0.15) is 39.3 Å². The third-order valence-corrected chi connectivity index (χ3v) is 8.20. The summed E-state index contributed by atoms with van der Waals surface area (Å²) >= 11 is 6.74. The molecule has 1 aliphatic heterocycles. The maximum absolute atomic E-state index is 15.3. The van der Waals surface area contributed by atoms with Crippen molar-refractivity contribution in [3.8, 4) is 0 Å². The molecule has 13 heteroatoms. The lowest BCUT2D eigenvalue weighted by Gasteiger charge is -2.44. The van der Waals surface area contributed by atoms with Gasteiger partial charge in [-0.15, -0.1) is 0 Å². The molecule has 1 aliphatic rings. The Morgan fingerprint density at radius 2 is 1.84 bits per heavy atom. The molecule has 0 radical (unpaired) electrons. The number of anilines is 1. The van der Waals surface area contributed by atoms with Crippen LogP contribution in [0.2, 0.25) is 5.02 Å². The monoisotopic (exact) mass is 609 g/mol. The van der Waals surface area contributed by atoms with Crippen LogP contribution >= 0.6 is 11.6 Å². The third-order valence-electron chi connectivity index (χ3n) is 7.91. The number of aromatic amines is 1. The number of carbonyl (C=O) groups is 1. The number of aromatic nitrogens is 5. The van der Waals surface area contributed by atoms with Crippen molar-refractivity contribution in [2.45, 2.75) is 45.7 Å². The number of nitrogens with one attached hydrogen (secondary N) is 1. The van der Waals surface area contributed by atoms with Crippen LogP contribution in [0.4, 0.5) is 19.0 Å². The van der Waals surface area contributed by atoms with E-state index < -0.39 is 28.7 Å². The lowest BCUT2D eigenvalue weighted by Crippen LogP contribution is -2.58. The molecule has 1 aromatic carbocycles. The fraction of sp³-hybridized carbons (Fsp3) is 0.300. The molecule has 5 aromatic rings. The minimum Gasteiger partial charge on any atom is -0.351 e. The summed E-state index contributed by atoms with van der Waals surface area (Å²) in [4.78, 5) is 46.8. The molecular formula is C30H27ClF3N7O2. The van der Waals surface area contributed by atoms with E-state index in [4.69, 9.17) is 16.6 Å². The molecule has 0 aliphatic carbocycles. The van der Waals surface area contributed by atoms with Gasteiger partial charge in [0, 0.05) is 36.8 Å². The van der Waals surface area contributed by atoms with Gasteiger partial charge < -0.3 is 9.80 Å². The molecule has 1 saturated heterocycles. The number of piperazine rings is 1. The molecular weight excluding hydrogens is 583 g/mol. The smallest absolute Gasteiger partial charge is 0.333 e. The first-order chi connectivity index (χ1) is 20.4. The van der Waals surface area contributed by atoms with Crippen molar-refractivity contribution in [2.24, 2.45) is 0 Å². The van der Waals surface area contributed by atoms with Gasteiger partial charge in [-0.1, -0.05) is 32.0 Å². The maximum atomic E-state index is 15.3. The quantitative estimate of drug-likeness (QED) is 0.210. The molecule has 2 unspecified atom stereocenters. The first-order valence-electron chi connectivity index (χ1n) is 13.7. The molecule has 9 nitrogen and oxygen atoms in total. The van der Waals surface area contributed by atoms with Crippen LogP contribution < -0.4 is 10.6 Å². The second-order valence-electron chi connectivity index (χ2n) is 11.1. The van der Waals surface area contributed by atoms with Crippen molar-refractivity contribution >= 4 is 61.8 Å². The van der Waals surface area contributed by atoms with Crippen LogP contribution in [-0.2, 0) is 4.79 Å². The van der Waals surface area contributed by atoms with E-state index in [1.807, 2.05) is 32.6 Å². The number of nitrogens with zero attached hydrogens (tertiary/aromatic N) is 6. The molecule has 4 aromatic heterocycles. The molecule has 5 heterocycles. The summed E-state index contributed by atoms with van der Waals surface area (Å²) in [7, 11) is 0. The van der Waals surface area contributed by atoms with Crippen LogP contribution in [0.25, 0.3) is 38.5 Å². The second kappa shape index (κ2) is 10.4. The Balaban J connectivity index is 1.81. The molecule has 1 N–H and O–H groups in total. The first kappa shape index (κ1) is 28.7. The molecule has 43 heavy (non-hydrogen) atoms. The number of benzene rings is 1. The summed E-state index contributed by atoms with van der Waals surface area (Å²) in [5, 5.41) is 0.265. The fourth-order valence-electron chi connectivity index (χ4n) is 5.83. The molecule has 1 fully saturated rings. The van der Waals surface area contributed by atoms with E-state index >= 15 is 4.39 Å². The number of pyridine rings is 2. The van der Waals surface area contributed by atoms with Crippen LogP contribution in [0.5, 0.6) is 0 Å². The van der Waals surface area contributed by atoms with Gasteiger partial charge in [-0.25, -0.2) is 32.3 Å². The number of halogens is 4. The Kier molecular flexibility index (Phi) is 6.91. The van der Waals surface area contributed by atoms with Crippen molar-refractivity contribution in [1.29, 1.82) is 0 Å². The number of hydrogen-bond acceptors (Lipinski definition) is 6. The summed E-state index contributed by atoms with van der Waals surface area (Å²) in [6.45, 7) is 11.9. The van der Waals surface area contributed by atoms with E-state index in [-0.39, 0.29) is 56.5 Å². The zero-order valence-electron chi connectivity index (χ0n) is 23.8. The number of H-pyrrole nitrogens is 1. The zero-order chi connectivity index (χ0) is 30.9. The highest BCUT2D eigenvalue weighted by atomic mass is 35.5. The molecule has 6 rings (SSSR count). The molecule has 222 valence electrons. The van der Waals surface area contributed by atoms with E-state index in [0.717, 1.165) is 6.07 Å². The Labute approximate surface area is 248 Å². The summed E-state index contributed by atoms with van der Waals surface area (Å²) in [5.74, 6) is -4.64. The van der Waals surface area contributed by atoms with Gasteiger partial charge in [-0.2, -0.15) is 0 Å². The van der Waals surface area contributed by atoms with Crippen molar-refractivity contribution in [1.82, 2.24) is 29.2 Å². The summed E-state index contributed by atoms with van der Waals surface area (Å²) in [5.41, 5.74) is -0.274. The van der Waals surface area contributed by atoms with E-state index in [2.05, 4.69) is 21.5 Å². The molecule has 1 amide bonds. The van der Waals surface area contributed by atoms with E-state index in [1.165, 1.54) is 22.7 Å². The summed E-state index contributed by atoms with van der Waals surface area (Å²) in [6.07, 6.45) is 2.73. The minimum atomic E-state index is -1.69. The second-order valence-corrected chi connectivity index (χ2v) is 11.5. The normalized spacial score (nSPS) is 17.5. The highest BCUT2D eigenvalue weighted by molar-refractivity contribution is 6.36. The largest absolute Gasteiger partial charge is 0.351 e. The van der Waals surface area contributed by atoms with E-state index in [0.29, 0.717) is 30.0 Å². The predicted octanol–water partition coefficient (Wildman–Crippen LogP) is 5.64. The average Bonchev–Trinajstić information content (AvgIpc) is 3.02. The number of rotatable bonds is 3. The fourth-order valence-corrected chi connectivity index (χ4v) is 6.08. The number of amides is 1. The highest BCUT2D eigenvalue weighted by Gasteiger charge is 2.33. The molecule has 0 spiro atoms. The predicted molar refractivity (Wildman–Crippen MR) is 160 cm³/mol. The van der Waals surface area contributed by atoms with Crippen LogP contribution in [0, 0.1) is 17.5 Å². The van der Waals surface area contributed by atoms with Crippen LogP contribution in [0.3, 0.4) is 0 Å². The Morgan fingerprint density at radius 1 is 1.09 bits per heavy atom. The van der Waals surface area contributed by atoms with Crippen molar-refractivity contribution in [3.63, 3.8) is 0 Å². The van der Waals surface area contributed by atoms with Gasteiger partial charge in [0.2, 0.25) is 5.91 Å². The van der Waals surface area contributed by atoms with Gasteiger partial charge in [0.1, 0.15) is 11.3 Å². The molecule has 0 saturated carbocycles. The SMILES string of the molecule is C=CC(=O)N1CC(C)N(c2[nH]c(=O)n3c4nc(c(Cl)cc24)c2cc(F)c(F)c(F)c2nc2ccnc(C(C)C)c23)CC1C. The average molecular weight is 610 g/mol. The van der Waals surface area contributed by atoms with Gasteiger partial charge in [-0.05, 0) is 44.0 Å². The zero-order valence-corrected chi connectivity index (χ0v) is 24.5. The lowest BCUT2D eigenvalue weighted by molar-refractivity contribution is -0.128. The standard InChI is InChI=1S/C30H27ClF3N7O2/c1-6-21(42)39-11-15(5)40(12-14(39)4)28-17-9-18(31)25-16-10-19(32)22(33)23(34)26(16)36-20-7-8-35-24(13(2)3)27(20)41(29(17)37-25)30(43)38-28/h6-10,13-15H,1,11-12H2,2-5H3,(H,38,43). The van der Waals surface area contributed by atoms with Gasteiger partial charge >= 0.3 is 5.69 Å². The highest BCUT2D eigenvalue weighted by Crippen LogP contribution is 2.35. The van der Waals surface area contributed by atoms with E-state index in [9.17, 15) is 18.4 Å². The Hall–Kier alpha value is -4.45. The van der Waals surface area contributed by atoms with Gasteiger partial charge in [-0.3, -0.25) is 14.8 Å². The minimum absolute atomic E-state index is 0.00328. The first-order valence-corrected chi connectivity index (χ1v) is 14.1. The van der Waals surface area contributed by atoms with Crippen LogP contribution in [0.15, 0.2) is 41.8 Å². The van der Waals surface area contributed by atoms with Gasteiger partial charge in [0.05, 0.1) is 32.7 Å². The Morgan fingerprint density at radius 3 is 2.53 bits per heavy atom. The third kappa shape index (κ3) is 4.43. The van der Waals surface area contributed by atoms with Crippen molar-refractivity contribution in [2.75, 3.05) is 18.0 Å². The topological polar surface area (TPSA) is 99.5 Å². The number of carbonyl (C=O) groups excluding carboxylic acids is 1. The molecule has 2 bridgehead atoms. The maximum Gasteiger partial charge on any atom is 0.333 e. The number of fused-ring (bicyclic) bond motifs is 5.